The molecule has 0 aliphatic rings. The Morgan fingerprint density at radius 1 is 1.26 bits per heavy atom. The molecule has 7 nitrogen and oxygen atoms in total. The number of nitrogens with zero attached hydrogens (tertiary/aromatic N) is 3. The second-order valence-corrected chi connectivity index (χ2v) is 7.97. The number of fused-ring (bicyclic) bond motifs is 1. The van der Waals surface area contributed by atoms with Crippen LogP contribution >= 0.6 is 23.6 Å². The molecule has 2 heterocycles. The number of anilines is 1. The molecule has 4 rings (SSSR count). The number of carbonyl (C=O) groups is 1. The Morgan fingerprint density at radius 2 is 2.00 bits per heavy atom. The number of amides is 1. The molecule has 0 aliphatic carbocycles. The predicted octanol–water partition coefficient (Wildman–Crippen LogP) is 5.06. The predicted molar refractivity (Wildman–Crippen MR) is 113 cm³/mol. The van der Waals surface area contributed by atoms with Gasteiger partial charge in [-0.25, -0.2) is 4.98 Å². The van der Waals surface area contributed by atoms with Gasteiger partial charge in [-0.05, 0) is 31.3 Å². The average molecular weight is 465 g/mol. The zero-order valence-corrected chi connectivity index (χ0v) is 17.5. The largest absolute Gasteiger partial charge is 0.573 e. The van der Waals surface area contributed by atoms with Gasteiger partial charge in [0.15, 0.2) is 15.7 Å². The minimum Gasteiger partial charge on any atom is -0.406 e. The number of carbonyl (C=O) groups excluding carboxylic acids is 1. The van der Waals surface area contributed by atoms with Crippen LogP contribution in [-0.2, 0) is 11.3 Å². The first-order chi connectivity index (χ1) is 14.7. The molecule has 0 atom stereocenters. The number of nitrogens with one attached hydrogen (secondary N) is 2. The highest BCUT2D eigenvalue weighted by Gasteiger charge is 2.31. The summed E-state index contributed by atoms with van der Waals surface area (Å²) in [4.78, 5) is 16.8. The van der Waals surface area contributed by atoms with E-state index in [0.29, 0.717) is 16.0 Å². The molecule has 2 N–H and O–H groups in total. The molecule has 2 aromatic carbocycles. The Balaban J connectivity index is 1.52. The van der Waals surface area contributed by atoms with Crippen LogP contribution in [0, 0.1) is 11.7 Å². The van der Waals surface area contributed by atoms with Crippen LogP contribution in [0.3, 0.4) is 0 Å². The van der Waals surface area contributed by atoms with E-state index in [4.69, 9.17) is 12.2 Å². The van der Waals surface area contributed by atoms with E-state index in [2.05, 4.69) is 25.2 Å². The average Bonchev–Trinajstić information content (AvgIpc) is 3.24. The van der Waals surface area contributed by atoms with Crippen molar-refractivity contribution < 1.29 is 22.7 Å². The Hall–Kier alpha value is -3.25. The number of H-pyrrole nitrogens is 1. The lowest BCUT2D eigenvalue weighted by Gasteiger charge is -2.07. The summed E-state index contributed by atoms with van der Waals surface area (Å²) in [6.07, 6.45) is -4.78. The van der Waals surface area contributed by atoms with Gasteiger partial charge >= 0.3 is 6.36 Å². The smallest absolute Gasteiger partial charge is 0.406 e. The quantitative estimate of drug-likeness (QED) is 0.403. The molecule has 0 radical (unpaired) electrons. The minimum atomic E-state index is -4.78. The highest BCUT2D eigenvalue weighted by Crippen LogP contribution is 2.31. The van der Waals surface area contributed by atoms with Gasteiger partial charge in [0, 0.05) is 11.6 Å². The van der Waals surface area contributed by atoms with Crippen molar-refractivity contribution in [1.82, 2.24) is 19.7 Å². The number of benzene rings is 2. The Kier molecular flexibility index (Phi) is 5.50. The van der Waals surface area contributed by atoms with Crippen LogP contribution in [-0.4, -0.2) is 32.0 Å². The normalized spacial score (nSPS) is 11.6. The van der Waals surface area contributed by atoms with E-state index < -0.39 is 12.3 Å². The number of alkyl halides is 3. The van der Waals surface area contributed by atoms with E-state index in [1.165, 1.54) is 18.2 Å². The van der Waals surface area contributed by atoms with E-state index in [0.717, 1.165) is 22.5 Å². The fourth-order valence-electron chi connectivity index (χ4n) is 2.85. The second-order valence-electron chi connectivity index (χ2n) is 6.55. The van der Waals surface area contributed by atoms with Gasteiger partial charge in [0.05, 0.1) is 10.2 Å². The molecule has 12 heteroatoms. The molecule has 160 valence electrons. The number of aromatic nitrogens is 4. The number of halogens is 3. The molecular weight excluding hydrogens is 451 g/mol. The van der Waals surface area contributed by atoms with Crippen LogP contribution < -0.4 is 10.1 Å². The van der Waals surface area contributed by atoms with Gasteiger partial charge in [-0.2, -0.15) is 5.10 Å². The lowest BCUT2D eigenvalue weighted by atomic mass is 10.1. The van der Waals surface area contributed by atoms with Crippen molar-refractivity contribution in [2.75, 3.05) is 5.32 Å². The van der Waals surface area contributed by atoms with Crippen molar-refractivity contribution >= 4 is 44.8 Å². The number of ether oxygens (including phenoxy) is 1. The number of rotatable bonds is 5. The van der Waals surface area contributed by atoms with Crippen LogP contribution in [0.4, 0.5) is 18.3 Å². The Labute approximate surface area is 182 Å². The van der Waals surface area contributed by atoms with Crippen molar-refractivity contribution in [2.24, 2.45) is 0 Å². The number of aromatic amines is 1. The second kappa shape index (κ2) is 8.12. The SMILES string of the molecule is Cc1ccc(-c2n[nH]c(=S)n2CC(=O)Nc2nc3ccc(OC(F)(F)F)cc3s2)cc1. The molecular formula is C19H14F3N5O2S2. The molecule has 0 spiro atoms. The van der Waals surface area contributed by atoms with Crippen LogP contribution in [0.15, 0.2) is 42.5 Å². The Morgan fingerprint density at radius 3 is 2.71 bits per heavy atom. The van der Waals surface area contributed by atoms with Crippen molar-refractivity contribution in [1.29, 1.82) is 0 Å². The highest BCUT2D eigenvalue weighted by atomic mass is 32.1. The van der Waals surface area contributed by atoms with Gasteiger partial charge in [-0.1, -0.05) is 41.2 Å². The van der Waals surface area contributed by atoms with Crippen LogP contribution in [0.25, 0.3) is 21.6 Å². The molecule has 0 unspecified atom stereocenters. The van der Waals surface area contributed by atoms with Crippen molar-refractivity contribution in [2.45, 2.75) is 19.8 Å². The summed E-state index contributed by atoms with van der Waals surface area (Å²) in [7, 11) is 0. The molecule has 0 saturated heterocycles. The third-order valence-electron chi connectivity index (χ3n) is 4.21. The zero-order valence-electron chi connectivity index (χ0n) is 15.9. The molecule has 0 saturated carbocycles. The van der Waals surface area contributed by atoms with Gasteiger partial charge in [-0.3, -0.25) is 14.5 Å². The van der Waals surface area contributed by atoms with E-state index in [1.807, 2.05) is 31.2 Å². The number of aryl methyl sites for hydroxylation is 1. The Bertz CT molecular complexity index is 1310. The first-order valence-corrected chi connectivity index (χ1v) is 10.1. The standard InChI is InChI=1S/C19H14F3N5O2S2/c1-10-2-4-11(5-3-10)16-25-26-18(30)27(16)9-15(28)24-17-23-13-7-6-12(8-14(13)31-17)29-19(20,21)22/h2-8H,9H2,1H3,(H,26,30)(H,23,24,28). The van der Waals surface area contributed by atoms with Gasteiger partial charge in [0.25, 0.3) is 0 Å². The molecule has 2 aromatic heterocycles. The van der Waals surface area contributed by atoms with E-state index in [9.17, 15) is 18.0 Å². The highest BCUT2D eigenvalue weighted by molar-refractivity contribution is 7.71. The van der Waals surface area contributed by atoms with Crippen molar-refractivity contribution in [3.05, 3.63) is 52.8 Å². The topological polar surface area (TPSA) is 84.8 Å². The third-order valence-corrected chi connectivity index (χ3v) is 5.45. The lowest BCUT2D eigenvalue weighted by Crippen LogP contribution is -2.19. The van der Waals surface area contributed by atoms with Gasteiger partial charge < -0.3 is 10.1 Å². The monoisotopic (exact) mass is 465 g/mol. The maximum absolute atomic E-state index is 12.6. The summed E-state index contributed by atoms with van der Waals surface area (Å²) in [6, 6.07) is 11.4. The van der Waals surface area contributed by atoms with Gasteiger partial charge in [-0.15, -0.1) is 13.2 Å². The molecule has 31 heavy (non-hydrogen) atoms. The van der Waals surface area contributed by atoms with Gasteiger partial charge in [0.2, 0.25) is 5.91 Å². The molecule has 1 amide bonds. The summed E-state index contributed by atoms with van der Waals surface area (Å²) >= 11 is 6.27. The maximum Gasteiger partial charge on any atom is 0.573 e. The maximum atomic E-state index is 12.6. The van der Waals surface area contributed by atoms with Crippen LogP contribution in [0.2, 0.25) is 0 Å². The van der Waals surface area contributed by atoms with Crippen LogP contribution in [0.1, 0.15) is 5.56 Å². The molecule has 0 fully saturated rings. The zero-order chi connectivity index (χ0) is 22.2. The summed E-state index contributed by atoms with van der Waals surface area (Å²) in [5.41, 5.74) is 2.32. The summed E-state index contributed by atoms with van der Waals surface area (Å²) in [5.74, 6) is -0.246. The summed E-state index contributed by atoms with van der Waals surface area (Å²) in [5, 5.41) is 9.77. The number of hydrogen-bond acceptors (Lipinski definition) is 6. The summed E-state index contributed by atoms with van der Waals surface area (Å²) < 4.78 is 43.4. The van der Waals surface area contributed by atoms with Gasteiger partial charge in [0.1, 0.15) is 12.3 Å². The first-order valence-electron chi connectivity index (χ1n) is 8.86. The van der Waals surface area contributed by atoms with E-state index in [1.54, 1.807) is 4.57 Å². The summed E-state index contributed by atoms with van der Waals surface area (Å²) in [6.45, 7) is 1.85. The minimum absolute atomic E-state index is 0.114. The van der Waals surface area contributed by atoms with E-state index >= 15 is 0 Å². The first kappa shape index (κ1) is 21.0. The fourth-order valence-corrected chi connectivity index (χ4v) is 3.95. The number of hydrogen-bond donors (Lipinski definition) is 2. The van der Waals surface area contributed by atoms with Crippen molar-refractivity contribution in [3.8, 4) is 17.1 Å². The van der Waals surface area contributed by atoms with Crippen LogP contribution in [0.5, 0.6) is 5.75 Å². The van der Waals surface area contributed by atoms with Crippen molar-refractivity contribution in [3.63, 3.8) is 0 Å². The molecule has 0 aliphatic heterocycles. The molecule has 0 bridgehead atoms. The lowest BCUT2D eigenvalue weighted by molar-refractivity contribution is -0.274. The third kappa shape index (κ3) is 4.91. The fraction of sp³-hybridized carbons (Fsp3) is 0.158. The number of thiazole rings is 1. The van der Waals surface area contributed by atoms with E-state index in [-0.39, 0.29) is 22.2 Å². The molecule has 4 aromatic rings.